The zero-order valence-electron chi connectivity index (χ0n) is 21.6. The molecule has 1 saturated heterocycles. The molecule has 3 aromatic rings. The average molecular weight is 479 g/mol. The first-order chi connectivity index (χ1) is 16.9. The summed E-state index contributed by atoms with van der Waals surface area (Å²) in [6, 6.07) is 5.73. The molecule has 1 unspecified atom stereocenters. The van der Waals surface area contributed by atoms with Crippen LogP contribution < -0.4 is 4.90 Å². The highest BCUT2D eigenvalue weighted by Crippen LogP contribution is 2.38. The molecule has 1 fully saturated rings. The Morgan fingerprint density at radius 2 is 1.97 bits per heavy atom. The van der Waals surface area contributed by atoms with Crippen molar-refractivity contribution < 1.29 is 8.78 Å². The van der Waals surface area contributed by atoms with E-state index in [0.29, 0.717) is 65.0 Å². The van der Waals surface area contributed by atoms with Crippen LogP contribution >= 0.6 is 0 Å². The number of aryl methyl sites for hydroxylation is 2. The molecule has 0 radical (unpaired) electrons. The fraction of sp³-hybridized carbons (Fsp3) is 0.483. The molecule has 0 spiro atoms. The highest BCUT2D eigenvalue weighted by atomic mass is 19.1. The molecule has 4 rings (SSSR count). The van der Waals surface area contributed by atoms with E-state index in [1.807, 2.05) is 45.9 Å². The standard InChI is InChI=1S/C29H36F2N4/c1-6-10-24(30)20(7-2)21-13-12-18(4)15-22(21)27-26(31)28-23(16-32-27)29(34-25(8-3)33-28)35-14-9-11-19(5)17-35/h12-13,15-16,19H,6-11,14,17H2,1-5H3/b24-20+. The van der Waals surface area contributed by atoms with E-state index in [1.165, 1.54) is 6.42 Å². The molecule has 1 aliphatic heterocycles. The van der Waals surface area contributed by atoms with Gasteiger partial charge in [-0.1, -0.05) is 45.4 Å². The van der Waals surface area contributed by atoms with E-state index in [4.69, 9.17) is 4.98 Å². The van der Waals surface area contributed by atoms with E-state index >= 15 is 8.78 Å². The smallest absolute Gasteiger partial charge is 0.175 e. The number of hydrogen-bond acceptors (Lipinski definition) is 4. The van der Waals surface area contributed by atoms with E-state index in [1.54, 1.807) is 6.20 Å². The number of piperidine rings is 1. The predicted molar refractivity (Wildman–Crippen MR) is 141 cm³/mol. The van der Waals surface area contributed by atoms with Crippen molar-refractivity contribution in [3.05, 3.63) is 53.0 Å². The molecule has 1 aromatic carbocycles. The van der Waals surface area contributed by atoms with E-state index in [0.717, 1.165) is 30.9 Å². The third kappa shape index (κ3) is 5.07. The normalized spacial score (nSPS) is 17.1. The van der Waals surface area contributed by atoms with Crippen molar-refractivity contribution >= 4 is 22.3 Å². The van der Waals surface area contributed by atoms with Crippen LogP contribution in [-0.4, -0.2) is 28.0 Å². The maximum Gasteiger partial charge on any atom is 0.175 e. The predicted octanol–water partition coefficient (Wildman–Crippen LogP) is 7.83. The number of anilines is 1. The van der Waals surface area contributed by atoms with Crippen molar-refractivity contribution in [3.8, 4) is 11.3 Å². The van der Waals surface area contributed by atoms with Crippen molar-refractivity contribution in [2.45, 2.75) is 73.1 Å². The summed E-state index contributed by atoms with van der Waals surface area (Å²) in [5.41, 5.74) is 3.39. The number of rotatable bonds is 7. The molecule has 0 saturated carbocycles. The van der Waals surface area contributed by atoms with Crippen LogP contribution in [0.5, 0.6) is 0 Å². The summed E-state index contributed by atoms with van der Waals surface area (Å²) in [6.45, 7) is 11.9. The van der Waals surface area contributed by atoms with Gasteiger partial charge in [-0.3, -0.25) is 4.98 Å². The number of allylic oxidation sites excluding steroid dienone is 2. The highest BCUT2D eigenvalue weighted by Gasteiger charge is 2.24. The molecule has 186 valence electrons. The molecule has 0 amide bonds. The SMILES string of the molecule is CCC/C(F)=C(/CC)c1ccc(C)cc1-c1ncc2c(N3CCCC(C)C3)nc(CC)nc2c1F. The zero-order chi connectivity index (χ0) is 25.1. The van der Waals surface area contributed by atoms with Gasteiger partial charge in [-0.05, 0) is 62.1 Å². The van der Waals surface area contributed by atoms with E-state index in [-0.39, 0.29) is 11.5 Å². The second-order valence-electron chi connectivity index (χ2n) is 9.73. The highest BCUT2D eigenvalue weighted by molar-refractivity contribution is 5.93. The summed E-state index contributed by atoms with van der Waals surface area (Å²) >= 11 is 0. The molecule has 0 bridgehead atoms. The summed E-state index contributed by atoms with van der Waals surface area (Å²) in [4.78, 5) is 16.2. The van der Waals surface area contributed by atoms with Gasteiger partial charge in [0.15, 0.2) is 5.82 Å². The number of fused-ring (bicyclic) bond motifs is 1. The lowest BCUT2D eigenvalue weighted by Crippen LogP contribution is -2.35. The van der Waals surface area contributed by atoms with Gasteiger partial charge in [0.1, 0.15) is 28.7 Å². The third-order valence-electron chi connectivity index (χ3n) is 6.89. The molecule has 3 heterocycles. The van der Waals surface area contributed by atoms with Crippen LogP contribution in [0.15, 0.2) is 30.2 Å². The molecule has 6 heteroatoms. The van der Waals surface area contributed by atoms with Crippen molar-refractivity contribution in [3.63, 3.8) is 0 Å². The van der Waals surface area contributed by atoms with E-state index in [2.05, 4.69) is 21.8 Å². The minimum atomic E-state index is -0.468. The topological polar surface area (TPSA) is 41.9 Å². The van der Waals surface area contributed by atoms with Crippen LogP contribution in [0.4, 0.5) is 14.6 Å². The lowest BCUT2D eigenvalue weighted by molar-refractivity contribution is 0.445. The van der Waals surface area contributed by atoms with Gasteiger partial charge < -0.3 is 4.90 Å². The molecule has 2 aromatic heterocycles. The van der Waals surface area contributed by atoms with Crippen molar-refractivity contribution in [1.82, 2.24) is 15.0 Å². The maximum atomic E-state index is 16.2. The fourth-order valence-electron chi connectivity index (χ4n) is 5.07. The van der Waals surface area contributed by atoms with Crippen molar-refractivity contribution in [1.29, 1.82) is 0 Å². The van der Waals surface area contributed by atoms with Crippen molar-refractivity contribution in [2.75, 3.05) is 18.0 Å². The number of aromatic nitrogens is 3. The Bertz CT molecular complexity index is 1250. The van der Waals surface area contributed by atoms with Gasteiger partial charge in [0.2, 0.25) is 0 Å². The summed E-state index contributed by atoms with van der Waals surface area (Å²) < 4.78 is 31.3. The van der Waals surface area contributed by atoms with Crippen LogP contribution in [0.3, 0.4) is 0 Å². The third-order valence-corrected chi connectivity index (χ3v) is 6.89. The molecule has 4 nitrogen and oxygen atoms in total. The number of benzene rings is 1. The largest absolute Gasteiger partial charge is 0.356 e. The van der Waals surface area contributed by atoms with Crippen molar-refractivity contribution in [2.24, 2.45) is 5.92 Å². The monoisotopic (exact) mass is 478 g/mol. The summed E-state index contributed by atoms with van der Waals surface area (Å²) in [5, 5.41) is 0.634. The Kier molecular flexibility index (Phi) is 7.78. The lowest BCUT2D eigenvalue weighted by Gasteiger charge is -2.32. The molecule has 0 aliphatic carbocycles. The number of pyridine rings is 1. The number of nitrogens with zero attached hydrogens (tertiary/aromatic N) is 4. The zero-order valence-corrected chi connectivity index (χ0v) is 21.6. The summed E-state index contributed by atoms with van der Waals surface area (Å²) in [6.07, 6.45) is 6.20. The minimum absolute atomic E-state index is 0.140. The fourth-order valence-corrected chi connectivity index (χ4v) is 5.07. The van der Waals surface area contributed by atoms with Crippen LogP contribution in [0.2, 0.25) is 0 Å². The second-order valence-corrected chi connectivity index (χ2v) is 9.73. The molecular formula is C29H36F2N4. The van der Waals surface area contributed by atoms with Gasteiger partial charge in [-0.15, -0.1) is 0 Å². The average Bonchev–Trinajstić information content (AvgIpc) is 2.85. The summed E-state index contributed by atoms with van der Waals surface area (Å²) in [5.74, 6) is 1.34. The van der Waals surface area contributed by atoms with E-state index < -0.39 is 5.82 Å². The van der Waals surface area contributed by atoms with Crippen LogP contribution in [-0.2, 0) is 6.42 Å². The maximum absolute atomic E-state index is 16.2. The second kappa shape index (κ2) is 10.8. The summed E-state index contributed by atoms with van der Waals surface area (Å²) in [7, 11) is 0. The van der Waals surface area contributed by atoms with Gasteiger partial charge >= 0.3 is 0 Å². The quantitative estimate of drug-likeness (QED) is 0.347. The van der Waals surface area contributed by atoms with Gasteiger partial charge in [0, 0.05) is 31.3 Å². The van der Waals surface area contributed by atoms with Crippen LogP contribution in [0.25, 0.3) is 27.7 Å². The lowest BCUT2D eigenvalue weighted by atomic mass is 9.92. The molecular weight excluding hydrogens is 442 g/mol. The van der Waals surface area contributed by atoms with Gasteiger partial charge in [0.25, 0.3) is 0 Å². The van der Waals surface area contributed by atoms with E-state index in [9.17, 15) is 0 Å². The molecule has 1 aliphatic rings. The Morgan fingerprint density at radius 3 is 2.66 bits per heavy atom. The van der Waals surface area contributed by atoms with Crippen LogP contribution in [0, 0.1) is 18.7 Å². The Labute approximate surface area is 207 Å². The molecule has 0 N–H and O–H groups in total. The molecule has 35 heavy (non-hydrogen) atoms. The van der Waals surface area contributed by atoms with Gasteiger partial charge in [0.05, 0.1) is 5.39 Å². The van der Waals surface area contributed by atoms with Crippen LogP contribution in [0.1, 0.15) is 76.8 Å². The minimum Gasteiger partial charge on any atom is -0.356 e. The Balaban J connectivity index is 1.93. The number of hydrogen-bond donors (Lipinski definition) is 0. The van der Waals surface area contributed by atoms with Gasteiger partial charge in [-0.2, -0.15) is 0 Å². The first-order valence-corrected chi connectivity index (χ1v) is 13.0. The first kappa shape index (κ1) is 25.2. The first-order valence-electron chi connectivity index (χ1n) is 13.0. The van der Waals surface area contributed by atoms with Gasteiger partial charge in [-0.25, -0.2) is 18.7 Å². The molecule has 1 atom stereocenters. The Hall–Kier alpha value is -2.89. The number of halogens is 2. The Morgan fingerprint density at radius 1 is 1.17 bits per heavy atom.